The molecular weight excluding hydrogens is 301 g/mol. The zero-order chi connectivity index (χ0) is 13.5. The van der Waals surface area contributed by atoms with E-state index < -0.39 is 11.8 Å². The van der Waals surface area contributed by atoms with Crippen LogP contribution >= 0.6 is 15.9 Å². The molecule has 0 saturated carbocycles. The lowest BCUT2D eigenvalue weighted by Crippen LogP contribution is -2.06. The van der Waals surface area contributed by atoms with Gasteiger partial charge in [0.25, 0.3) is 0 Å². The van der Waals surface area contributed by atoms with Crippen LogP contribution in [-0.4, -0.2) is 12.6 Å². The van der Waals surface area contributed by atoms with Crippen molar-refractivity contribution < 1.29 is 13.9 Å². The Kier molecular flexibility index (Phi) is 5.28. The quantitative estimate of drug-likeness (QED) is 0.371. The number of carbonyl (C=O) groups excluding carboxylic acids is 1. The predicted octanol–water partition coefficient (Wildman–Crippen LogP) is 3.22. The van der Waals surface area contributed by atoms with Crippen molar-refractivity contribution in [3.8, 4) is 6.07 Å². The zero-order valence-corrected chi connectivity index (χ0v) is 10.9. The fourth-order valence-corrected chi connectivity index (χ4v) is 1.51. The maximum Gasteiger partial charge on any atom is 0.349 e. The summed E-state index contributed by atoms with van der Waals surface area (Å²) >= 11 is 3.18. The third-order valence-electron chi connectivity index (χ3n) is 1.93. The fraction of sp³-hybridized carbons (Fsp3) is 0.0769. The monoisotopic (exact) mass is 309 g/mol. The van der Waals surface area contributed by atoms with E-state index in [1.54, 1.807) is 6.07 Å². The Morgan fingerprint density at radius 1 is 1.61 bits per heavy atom. The minimum absolute atomic E-state index is 0.00117. The van der Waals surface area contributed by atoms with Gasteiger partial charge in [0.1, 0.15) is 24.1 Å². The van der Waals surface area contributed by atoms with Crippen molar-refractivity contribution >= 4 is 28.0 Å². The van der Waals surface area contributed by atoms with Crippen LogP contribution in [0, 0.1) is 17.1 Å². The molecule has 0 spiro atoms. The van der Waals surface area contributed by atoms with Crippen molar-refractivity contribution in [2.24, 2.45) is 0 Å². The second-order valence-electron chi connectivity index (χ2n) is 3.22. The summed E-state index contributed by atoms with van der Waals surface area (Å²) in [4.78, 5) is 11.4. The molecule has 3 nitrogen and oxygen atoms in total. The topological polar surface area (TPSA) is 50.1 Å². The number of nitrogens with zero attached hydrogens (tertiary/aromatic N) is 1. The molecule has 0 aliphatic rings. The number of rotatable bonds is 4. The third-order valence-corrected chi connectivity index (χ3v) is 2.42. The summed E-state index contributed by atoms with van der Waals surface area (Å²) in [5.74, 6) is -1.33. The van der Waals surface area contributed by atoms with Crippen LogP contribution in [0.1, 0.15) is 5.56 Å². The summed E-state index contributed by atoms with van der Waals surface area (Å²) in [6, 6.07) is 5.90. The maximum absolute atomic E-state index is 13.4. The number of hydrogen-bond donors (Lipinski definition) is 0. The Labute approximate surface area is 112 Å². The molecule has 0 heterocycles. The fourth-order valence-electron chi connectivity index (χ4n) is 1.13. The number of halogens is 2. The molecular formula is C13H9BrFNO2. The Bertz CT molecular complexity index is 546. The Morgan fingerprint density at radius 3 is 2.94 bits per heavy atom. The summed E-state index contributed by atoms with van der Waals surface area (Å²) in [6.07, 6.45) is 2.53. The molecule has 1 aromatic carbocycles. The summed E-state index contributed by atoms with van der Waals surface area (Å²) in [5.41, 5.74) is -0.134. The van der Waals surface area contributed by atoms with Crippen molar-refractivity contribution in [3.05, 3.63) is 52.3 Å². The first-order chi connectivity index (χ1) is 8.58. The van der Waals surface area contributed by atoms with Gasteiger partial charge < -0.3 is 4.74 Å². The summed E-state index contributed by atoms with van der Waals surface area (Å²) in [6.45, 7) is 3.38. The number of ether oxygens (including phenoxy) is 1. The molecule has 0 aromatic heterocycles. The molecule has 0 unspecified atom stereocenters. The second-order valence-corrected chi connectivity index (χ2v) is 4.14. The highest BCUT2D eigenvalue weighted by molar-refractivity contribution is 9.10. The van der Waals surface area contributed by atoms with Crippen molar-refractivity contribution in [2.75, 3.05) is 6.61 Å². The molecule has 92 valence electrons. The van der Waals surface area contributed by atoms with Crippen molar-refractivity contribution in [3.63, 3.8) is 0 Å². The van der Waals surface area contributed by atoms with Crippen molar-refractivity contribution in [2.45, 2.75) is 0 Å². The number of esters is 1. The Morgan fingerprint density at radius 2 is 2.33 bits per heavy atom. The van der Waals surface area contributed by atoms with E-state index in [0.717, 1.165) is 6.08 Å². The van der Waals surface area contributed by atoms with E-state index in [0.29, 0.717) is 4.47 Å². The summed E-state index contributed by atoms with van der Waals surface area (Å²) in [5, 5.41) is 8.84. The summed E-state index contributed by atoms with van der Waals surface area (Å²) in [7, 11) is 0. The highest BCUT2D eigenvalue weighted by Gasteiger charge is 2.11. The number of benzene rings is 1. The van der Waals surface area contributed by atoms with E-state index in [2.05, 4.69) is 22.5 Å². The van der Waals surface area contributed by atoms with Gasteiger partial charge in [-0.25, -0.2) is 9.18 Å². The minimum atomic E-state index is -0.809. The van der Waals surface area contributed by atoms with Gasteiger partial charge in [0, 0.05) is 10.0 Å². The van der Waals surface area contributed by atoms with Gasteiger partial charge >= 0.3 is 5.97 Å². The first kappa shape index (κ1) is 14.1. The van der Waals surface area contributed by atoms with Crippen LogP contribution in [0.5, 0.6) is 0 Å². The number of carbonyl (C=O) groups is 1. The Balaban J connectivity index is 3.04. The van der Waals surface area contributed by atoms with Gasteiger partial charge in [-0.3, -0.25) is 0 Å². The second kappa shape index (κ2) is 6.72. The smallest absolute Gasteiger partial charge is 0.349 e. The van der Waals surface area contributed by atoms with Gasteiger partial charge in [0.2, 0.25) is 0 Å². The predicted molar refractivity (Wildman–Crippen MR) is 68.8 cm³/mol. The molecule has 0 saturated heterocycles. The molecule has 0 fully saturated rings. The first-order valence-corrected chi connectivity index (χ1v) is 5.72. The van der Waals surface area contributed by atoms with Gasteiger partial charge in [-0.2, -0.15) is 5.26 Å². The van der Waals surface area contributed by atoms with Crippen molar-refractivity contribution in [1.82, 2.24) is 0 Å². The minimum Gasteiger partial charge on any atom is -0.457 e. The van der Waals surface area contributed by atoms with Crippen LogP contribution in [0.15, 0.2) is 40.9 Å². The average Bonchev–Trinajstić information content (AvgIpc) is 2.36. The molecule has 0 aliphatic carbocycles. The molecule has 0 amide bonds. The molecule has 0 radical (unpaired) electrons. The van der Waals surface area contributed by atoms with Crippen LogP contribution in [0.2, 0.25) is 0 Å². The van der Waals surface area contributed by atoms with E-state index in [1.165, 1.54) is 24.3 Å². The zero-order valence-electron chi connectivity index (χ0n) is 9.32. The van der Waals surface area contributed by atoms with Gasteiger partial charge in [-0.15, -0.1) is 0 Å². The van der Waals surface area contributed by atoms with Crippen LogP contribution in [0.4, 0.5) is 4.39 Å². The van der Waals surface area contributed by atoms with Gasteiger partial charge in [0.05, 0.1) is 0 Å². The van der Waals surface area contributed by atoms with E-state index in [4.69, 9.17) is 10.00 Å². The van der Waals surface area contributed by atoms with Gasteiger partial charge in [-0.1, -0.05) is 28.6 Å². The molecule has 1 aromatic rings. The molecule has 18 heavy (non-hydrogen) atoms. The van der Waals surface area contributed by atoms with E-state index >= 15 is 0 Å². The van der Waals surface area contributed by atoms with Crippen molar-refractivity contribution in [1.29, 1.82) is 5.26 Å². The molecule has 0 aliphatic heterocycles. The SMILES string of the molecule is C=CCOC(=O)/C(C#N)=C\c1cc(Br)ccc1F. The standard InChI is InChI=1S/C13H9BrFNO2/c1-2-5-18-13(17)10(8-16)6-9-7-11(14)3-4-12(9)15/h2-4,6-7H,1,5H2/b10-6-. The molecule has 0 bridgehead atoms. The highest BCUT2D eigenvalue weighted by atomic mass is 79.9. The number of hydrogen-bond acceptors (Lipinski definition) is 3. The first-order valence-electron chi connectivity index (χ1n) is 4.93. The largest absolute Gasteiger partial charge is 0.457 e. The van der Waals surface area contributed by atoms with E-state index in [9.17, 15) is 9.18 Å². The lowest BCUT2D eigenvalue weighted by Gasteiger charge is -2.01. The van der Waals surface area contributed by atoms with E-state index in [-0.39, 0.29) is 17.7 Å². The average molecular weight is 310 g/mol. The lowest BCUT2D eigenvalue weighted by molar-refractivity contribution is -0.137. The van der Waals surface area contributed by atoms with Crippen LogP contribution < -0.4 is 0 Å². The van der Waals surface area contributed by atoms with E-state index in [1.807, 2.05) is 0 Å². The molecule has 1 rings (SSSR count). The normalized spacial score (nSPS) is 10.6. The Hall–Kier alpha value is -1.93. The highest BCUT2D eigenvalue weighted by Crippen LogP contribution is 2.18. The molecule has 5 heteroatoms. The lowest BCUT2D eigenvalue weighted by atomic mass is 10.1. The van der Waals surface area contributed by atoms with Crippen LogP contribution in [0.3, 0.4) is 0 Å². The maximum atomic E-state index is 13.4. The molecule has 0 atom stereocenters. The number of nitriles is 1. The summed E-state index contributed by atoms with van der Waals surface area (Å²) < 4.78 is 18.8. The third kappa shape index (κ3) is 3.82. The van der Waals surface area contributed by atoms with Gasteiger partial charge in [-0.05, 0) is 24.3 Å². The van der Waals surface area contributed by atoms with Crippen LogP contribution in [0.25, 0.3) is 6.08 Å². The van der Waals surface area contributed by atoms with Gasteiger partial charge in [0.15, 0.2) is 0 Å². The van der Waals surface area contributed by atoms with Crippen LogP contribution in [-0.2, 0) is 9.53 Å². The molecule has 0 N–H and O–H groups in total.